The van der Waals surface area contributed by atoms with Gasteiger partial charge in [0.05, 0.1) is 17.1 Å². The van der Waals surface area contributed by atoms with E-state index in [2.05, 4.69) is 27.0 Å². The molecule has 2 aromatic carbocycles. The molecule has 3 N–H and O–H groups in total. The zero-order valence-corrected chi connectivity index (χ0v) is 15.9. The van der Waals surface area contributed by atoms with Crippen molar-refractivity contribution in [2.45, 2.75) is 12.5 Å². The summed E-state index contributed by atoms with van der Waals surface area (Å²) in [6.07, 6.45) is 0.967. The van der Waals surface area contributed by atoms with E-state index in [4.69, 9.17) is 16.3 Å². The molecule has 0 aliphatic carbocycles. The number of guanidine groups is 1. The van der Waals surface area contributed by atoms with Crippen molar-refractivity contribution in [3.63, 3.8) is 0 Å². The fraction of sp³-hybridized carbons (Fsp3) is 0.300. The predicted octanol–water partition coefficient (Wildman–Crippen LogP) is 2.24. The van der Waals surface area contributed by atoms with E-state index in [1.807, 2.05) is 18.2 Å². The van der Waals surface area contributed by atoms with Gasteiger partial charge in [-0.2, -0.15) is 0 Å². The lowest BCUT2D eigenvalue weighted by atomic mass is 10.1. The van der Waals surface area contributed by atoms with Crippen molar-refractivity contribution in [1.82, 2.24) is 16.0 Å². The summed E-state index contributed by atoms with van der Waals surface area (Å²) in [6, 6.07) is 15.1. The molecule has 1 aliphatic heterocycles. The van der Waals surface area contributed by atoms with E-state index >= 15 is 0 Å². The molecule has 0 aromatic heterocycles. The molecule has 0 radical (unpaired) electrons. The molecule has 0 spiro atoms. The molecule has 0 bridgehead atoms. The predicted molar refractivity (Wildman–Crippen MR) is 108 cm³/mol. The molecule has 6 nitrogen and oxygen atoms in total. The number of fused-ring (bicyclic) bond motifs is 1. The van der Waals surface area contributed by atoms with E-state index in [-0.39, 0.29) is 12.0 Å². The van der Waals surface area contributed by atoms with Gasteiger partial charge in [-0.3, -0.25) is 9.79 Å². The number of carbonyl (C=O) groups is 1. The maximum Gasteiger partial charge on any atom is 0.252 e. The molecule has 7 heteroatoms. The summed E-state index contributed by atoms with van der Waals surface area (Å²) in [5.74, 6) is 1.43. The second kappa shape index (κ2) is 9.28. The van der Waals surface area contributed by atoms with Crippen molar-refractivity contribution in [3.8, 4) is 5.75 Å². The fourth-order valence-electron chi connectivity index (χ4n) is 2.90. The van der Waals surface area contributed by atoms with Gasteiger partial charge in [-0.1, -0.05) is 41.9 Å². The van der Waals surface area contributed by atoms with Crippen LogP contribution in [0, 0.1) is 0 Å². The fourth-order valence-corrected chi connectivity index (χ4v) is 3.12. The van der Waals surface area contributed by atoms with Crippen LogP contribution in [-0.2, 0) is 6.42 Å². The molecule has 0 fully saturated rings. The van der Waals surface area contributed by atoms with E-state index in [0.29, 0.717) is 36.2 Å². The minimum Gasteiger partial charge on any atom is -0.488 e. The maximum atomic E-state index is 12.1. The van der Waals surface area contributed by atoms with Crippen LogP contribution >= 0.6 is 11.6 Å². The number of aliphatic imine (C=N–C) groups is 1. The molecule has 1 heterocycles. The summed E-state index contributed by atoms with van der Waals surface area (Å²) in [5, 5.41) is 9.70. The number of benzene rings is 2. The molecular formula is C20H23ClN4O2. The van der Waals surface area contributed by atoms with Crippen LogP contribution in [0.4, 0.5) is 0 Å². The normalized spacial score (nSPS) is 15.6. The summed E-state index contributed by atoms with van der Waals surface area (Å²) < 4.78 is 5.90. The molecule has 1 atom stereocenters. The van der Waals surface area contributed by atoms with E-state index in [1.54, 1.807) is 31.3 Å². The second-order valence-corrected chi connectivity index (χ2v) is 6.57. The molecule has 3 rings (SSSR count). The Morgan fingerprint density at radius 1 is 1.11 bits per heavy atom. The van der Waals surface area contributed by atoms with Crippen molar-refractivity contribution in [2.75, 3.05) is 26.7 Å². The first kappa shape index (κ1) is 19.0. The third-order valence-corrected chi connectivity index (χ3v) is 4.59. The van der Waals surface area contributed by atoms with E-state index in [9.17, 15) is 4.79 Å². The van der Waals surface area contributed by atoms with Gasteiger partial charge < -0.3 is 20.7 Å². The van der Waals surface area contributed by atoms with E-state index in [1.165, 1.54) is 5.56 Å². The highest BCUT2D eigenvalue weighted by molar-refractivity contribution is 6.33. The number of para-hydroxylation sites is 1. The highest BCUT2D eigenvalue weighted by Gasteiger charge is 2.22. The van der Waals surface area contributed by atoms with Crippen LogP contribution in [0.15, 0.2) is 53.5 Å². The zero-order valence-electron chi connectivity index (χ0n) is 15.2. The van der Waals surface area contributed by atoms with Gasteiger partial charge in [-0.15, -0.1) is 0 Å². The maximum absolute atomic E-state index is 12.1. The lowest BCUT2D eigenvalue weighted by Gasteiger charge is -2.16. The third-order valence-electron chi connectivity index (χ3n) is 4.26. The Hall–Kier alpha value is -2.73. The van der Waals surface area contributed by atoms with Crippen molar-refractivity contribution in [3.05, 3.63) is 64.7 Å². The van der Waals surface area contributed by atoms with Gasteiger partial charge in [0, 0.05) is 26.6 Å². The Bertz CT molecular complexity index is 800. The molecule has 1 aliphatic rings. The monoisotopic (exact) mass is 386 g/mol. The first-order valence-corrected chi connectivity index (χ1v) is 9.27. The Morgan fingerprint density at radius 2 is 1.85 bits per heavy atom. The van der Waals surface area contributed by atoms with Crippen LogP contribution in [0.2, 0.25) is 5.02 Å². The highest BCUT2D eigenvalue weighted by atomic mass is 35.5. The zero-order chi connectivity index (χ0) is 19.1. The molecule has 0 saturated carbocycles. The Balaban J connectivity index is 1.36. The molecule has 0 saturated heterocycles. The van der Waals surface area contributed by atoms with Crippen LogP contribution in [0.25, 0.3) is 0 Å². The van der Waals surface area contributed by atoms with Crippen LogP contribution < -0.4 is 20.7 Å². The number of carbonyl (C=O) groups excluding carboxylic acids is 1. The first-order chi connectivity index (χ1) is 13.2. The highest BCUT2D eigenvalue weighted by Crippen LogP contribution is 2.27. The summed E-state index contributed by atoms with van der Waals surface area (Å²) in [7, 11) is 1.71. The van der Waals surface area contributed by atoms with Gasteiger partial charge in [-0.05, 0) is 23.8 Å². The smallest absolute Gasteiger partial charge is 0.252 e. The van der Waals surface area contributed by atoms with Gasteiger partial charge in [0.15, 0.2) is 5.96 Å². The lowest BCUT2D eigenvalue weighted by molar-refractivity contribution is 0.0954. The van der Waals surface area contributed by atoms with Crippen molar-refractivity contribution < 1.29 is 9.53 Å². The summed E-state index contributed by atoms with van der Waals surface area (Å²) in [5.41, 5.74) is 1.70. The summed E-state index contributed by atoms with van der Waals surface area (Å²) in [4.78, 5) is 16.3. The Labute approximate surface area is 164 Å². The van der Waals surface area contributed by atoms with Gasteiger partial charge in [0.2, 0.25) is 0 Å². The van der Waals surface area contributed by atoms with Crippen molar-refractivity contribution in [2.24, 2.45) is 4.99 Å². The standard InChI is InChI=1S/C20H23ClN4O2/c1-22-20(25-13-15-12-14-6-2-5-9-18(14)27-15)24-11-10-23-19(26)16-7-3-4-8-17(16)21/h2-9,15H,10-13H2,1H3,(H,23,26)(H2,22,24,25). The minimum atomic E-state index is -0.192. The number of nitrogens with one attached hydrogen (secondary N) is 3. The van der Waals surface area contributed by atoms with Crippen molar-refractivity contribution >= 4 is 23.5 Å². The van der Waals surface area contributed by atoms with Crippen LogP contribution in [0.3, 0.4) is 0 Å². The van der Waals surface area contributed by atoms with Gasteiger partial charge in [0.25, 0.3) is 5.91 Å². The largest absolute Gasteiger partial charge is 0.488 e. The molecule has 2 aromatic rings. The molecule has 1 amide bonds. The Kier molecular flexibility index (Phi) is 6.54. The quantitative estimate of drug-likeness (QED) is 0.404. The van der Waals surface area contributed by atoms with Gasteiger partial charge in [0.1, 0.15) is 11.9 Å². The van der Waals surface area contributed by atoms with Crippen LogP contribution in [0.1, 0.15) is 15.9 Å². The average Bonchev–Trinajstić information content (AvgIpc) is 3.10. The summed E-state index contributed by atoms with van der Waals surface area (Å²) in [6.45, 7) is 1.65. The molecular weight excluding hydrogens is 364 g/mol. The second-order valence-electron chi connectivity index (χ2n) is 6.17. The topological polar surface area (TPSA) is 74.8 Å². The lowest BCUT2D eigenvalue weighted by Crippen LogP contribution is -2.44. The number of nitrogens with zero attached hydrogens (tertiary/aromatic N) is 1. The first-order valence-electron chi connectivity index (χ1n) is 8.89. The number of hydrogen-bond donors (Lipinski definition) is 3. The SMILES string of the molecule is CN=C(NCCNC(=O)c1ccccc1Cl)NCC1Cc2ccccc2O1. The number of amides is 1. The Morgan fingerprint density at radius 3 is 2.63 bits per heavy atom. The van der Waals surface area contributed by atoms with E-state index in [0.717, 1.165) is 12.2 Å². The average molecular weight is 387 g/mol. The van der Waals surface area contributed by atoms with Gasteiger partial charge in [-0.25, -0.2) is 0 Å². The van der Waals surface area contributed by atoms with Crippen LogP contribution in [-0.4, -0.2) is 44.7 Å². The molecule has 1 unspecified atom stereocenters. The summed E-state index contributed by atoms with van der Waals surface area (Å²) >= 11 is 6.02. The molecule has 27 heavy (non-hydrogen) atoms. The minimum absolute atomic E-state index is 0.0841. The number of rotatable bonds is 6. The van der Waals surface area contributed by atoms with Crippen molar-refractivity contribution in [1.29, 1.82) is 0 Å². The molecule has 142 valence electrons. The van der Waals surface area contributed by atoms with Crippen LogP contribution in [0.5, 0.6) is 5.75 Å². The van der Waals surface area contributed by atoms with E-state index < -0.39 is 0 Å². The van der Waals surface area contributed by atoms with Gasteiger partial charge >= 0.3 is 0 Å². The number of ether oxygens (including phenoxy) is 1. The number of halogens is 1. The number of hydrogen-bond acceptors (Lipinski definition) is 3. The third kappa shape index (κ3) is 5.14.